The summed E-state index contributed by atoms with van der Waals surface area (Å²) in [7, 11) is 1.74. The van der Waals surface area contributed by atoms with E-state index in [0.717, 1.165) is 58.6 Å². The summed E-state index contributed by atoms with van der Waals surface area (Å²) in [6, 6.07) is 31.3. The van der Waals surface area contributed by atoms with Crippen molar-refractivity contribution in [2.45, 2.75) is 30.3 Å². The molecule has 2 amide bonds. The zero-order valence-electron chi connectivity index (χ0n) is 30.2. The highest BCUT2D eigenvalue weighted by atomic mass is 32.7. The summed E-state index contributed by atoms with van der Waals surface area (Å²) in [5, 5.41) is 23.4. The van der Waals surface area contributed by atoms with Gasteiger partial charge in [0.1, 0.15) is 24.8 Å². The molecule has 0 spiro atoms. The number of carboxylic acids is 2. The highest BCUT2D eigenvalue weighted by molar-refractivity contribution is 8.40. The maximum Gasteiger partial charge on any atom is 0.408 e. The Morgan fingerprint density at radius 2 is 1.07 bits per heavy atom. The lowest BCUT2D eigenvalue weighted by Gasteiger charge is -2.25. The van der Waals surface area contributed by atoms with Crippen molar-refractivity contribution in [3.05, 3.63) is 119 Å². The monoisotopic (exact) mass is 854 g/mol. The molecule has 2 aliphatic rings. The van der Waals surface area contributed by atoms with E-state index < -0.39 is 35.7 Å². The molecule has 0 bridgehead atoms. The minimum atomic E-state index is -1.36. The van der Waals surface area contributed by atoms with Crippen molar-refractivity contribution < 1.29 is 38.9 Å². The Morgan fingerprint density at radius 1 is 0.691 bits per heavy atom. The Kier molecular flexibility index (Phi) is 17.1. The Hall–Kier alpha value is -3.90. The summed E-state index contributed by atoms with van der Waals surface area (Å²) < 4.78 is 10.8. The van der Waals surface area contributed by atoms with Crippen LogP contribution in [0.15, 0.2) is 97.1 Å². The molecule has 0 fully saturated rings. The number of benzene rings is 4. The van der Waals surface area contributed by atoms with E-state index in [0.29, 0.717) is 5.75 Å². The number of rotatable bonds is 13. The SMILES string of the molecule is CSC[C@@H](NC(=O)OCC1c2ccccc2-c2ccccc21)C(=O)O.CSC[C@@](C)(NC(=O)OCC1c2ccccc2-c2ccccc21)C(=O)O.S=PP=S. The third-order valence-electron chi connectivity index (χ3n) is 8.93. The van der Waals surface area contributed by atoms with Gasteiger partial charge in [0.2, 0.25) is 0 Å². The molecule has 4 aromatic carbocycles. The summed E-state index contributed by atoms with van der Waals surface area (Å²) in [5.41, 5.74) is 7.71. The van der Waals surface area contributed by atoms with Crippen LogP contribution in [0.4, 0.5) is 9.59 Å². The van der Waals surface area contributed by atoms with E-state index in [1.807, 2.05) is 72.8 Å². The van der Waals surface area contributed by atoms with Crippen LogP contribution in [-0.4, -0.2) is 83.1 Å². The molecule has 4 aromatic rings. The molecule has 0 saturated carbocycles. The minimum Gasteiger partial charge on any atom is -0.480 e. The van der Waals surface area contributed by atoms with E-state index in [1.165, 1.54) is 30.4 Å². The van der Waals surface area contributed by atoms with Gasteiger partial charge < -0.3 is 30.3 Å². The first-order valence-electron chi connectivity index (χ1n) is 16.8. The van der Waals surface area contributed by atoms with Gasteiger partial charge in [-0.05, 0) is 87.6 Å². The Labute approximate surface area is 342 Å². The molecule has 0 aliphatic heterocycles. The molecule has 0 saturated heterocycles. The molecule has 0 radical (unpaired) electrons. The maximum atomic E-state index is 12.2. The van der Waals surface area contributed by atoms with Crippen LogP contribution in [0, 0.1) is 0 Å². The molecular weight excluding hydrogens is 815 g/mol. The predicted molar refractivity (Wildman–Crippen MR) is 229 cm³/mol. The van der Waals surface area contributed by atoms with Crippen molar-refractivity contribution >= 4 is 85.4 Å². The van der Waals surface area contributed by atoms with Gasteiger partial charge in [0.05, 0.1) is 0 Å². The first-order chi connectivity index (χ1) is 26.5. The van der Waals surface area contributed by atoms with E-state index in [1.54, 1.807) is 12.5 Å². The standard InChI is InChI=1S/C20H21NO4S.C19H19NO4S.P2S2/c1-20(12-26-2,18(22)23)21-19(24)25-11-17-15-9-5-3-7-13(15)14-8-4-6-10-16(14)17;1-25-11-17(18(21)22)20-19(23)24-10-16-14-8-4-2-6-12(14)13-7-3-5-9-15(13)16;3-1-2-4/h3-10,17H,11-12H2,1-2H3,(H,21,24)(H,22,23);2-9,16-17H,10-11H2,1H3,(H,20,23)(H,21,22);/t20-;17-;/m11./s1. The van der Waals surface area contributed by atoms with Gasteiger partial charge in [0.25, 0.3) is 0 Å². The number of ether oxygens (including phenoxy) is 2. The van der Waals surface area contributed by atoms with Crippen LogP contribution in [-0.2, 0) is 42.7 Å². The van der Waals surface area contributed by atoms with Crippen LogP contribution < -0.4 is 10.6 Å². The van der Waals surface area contributed by atoms with E-state index in [4.69, 9.17) is 14.6 Å². The van der Waals surface area contributed by atoms with E-state index in [2.05, 4.69) is 58.5 Å². The lowest BCUT2D eigenvalue weighted by Crippen LogP contribution is -2.54. The van der Waals surface area contributed by atoms with Crippen LogP contribution >= 0.6 is 37.6 Å². The summed E-state index contributed by atoms with van der Waals surface area (Å²) in [6.07, 6.45) is 2.16. The molecule has 0 unspecified atom stereocenters. The average Bonchev–Trinajstić information content (AvgIpc) is 3.68. The Morgan fingerprint density at radius 3 is 1.40 bits per heavy atom. The Balaban J connectivity index is 0.000000223. The summed E-state index contributed by atoms with van der Waals surface area (Å²) in [5.74, 6) is -1.69. The number of thioether (sulfide) groups is 2. The van der Waals surface area contributed by atoms with Crippen LogP contribution in [0.1, 0.15) is 41.0 Å². The highest BCUT2D eigenvalue weighted by Gasteiger charge is 2.36. The number of alkyl carbamates (subject to hydrolysis) is 2. The van der Waals surface area contributed by atoms with Crippen molar-refractivity contribution in [3.8, 4) is 22.3 Å². The molecule has 2 aliphatic carbocycles. The highest BCUT2D eigenvalue weighted by Crippen LogP contribution is 2.45. The third kappa shape index (κ3) is 11.3. The van der Waals surface area contributed by atoms with Gasteiger partial charge in [-0.3, -0.25) is 0 Å². The van der Waals surface area contributed by atoms with Gasteiger partial charge in [0, 0.05) is 37.4 Å². The molecule has 288 valence electrons. The number of carbonyl (C=O) groups excluding carboxylic acids is 2. The number of carboxylic acid groups (broad SMARTS) is 2. The first kappa shape index (κ1) is 43.8. The second kappa shape index (κ2) is 21.4. The van der Waals surface area contributed by atoms with Crippen LogP contribution in [0.2, 0.25) is 0 Å². The van der Waals surface area contributed by atoms with Gasteiger partial charge >= 0.3 is 24.1 Å². The fourth-order valence-electron chi connectivity index (χ4n) is 6.42. The molecule has 4 N–H and O–H groups in total. The number of nitrogens with one attached hydrogen (secondary N) is 2. The number of aliphatic carboxylic acids is 2. The molecule has 16 heteroatoms. The van der Waals surface area contributed by atoms with Gasteiger partial charge in [-0.25, -0.2) is 19.2 Å². The second-order valence-corrected chi connectivity index (χ2v) is 18.5. The molecule has 2 atom stereocenters. The van der Waals surface area contributed by atoms with Gasteiger partial charge in [0.15, 0.2) is 0 Å². The van der Waals surface area contributed by atoms with Crippen LogP contribution in [0.5, 0.6) is 0 Å². The lowest BCUT2D eigenvalue weighted by molar-refractivity contribution is -0.143. The number of fused-ring (bicyclic) bond motifs is 6. The number of amides is 2. The molecule has 0 aromatic heterocycles. The van der Waals surface area contributed by atoms with E-state index >= 15 is 0 Å². The number of carbonyl (C=O) groups is 4. The Bertz CT molecular complexity index is 1920. The quantitative estimate of drug-likeness (QED) is 0.0952. The first-order valence-corrected chi connectivity index (χ1v) is 24.1. The zero-order chi connectivity index (χ0) is 40.0. The smallest absolute Gasteiger partial charge is 0.408 e. The molecule has 6 rings (SSSR count). The number of hydrogen-bond acceptors (Lipinski definition) is 10. The van der Waals surface area contributed by atoms with Crippen molar-refractivity contribution in [3.63, 3.8) is 0 Å². The predicted octanol–water partition coefficient (Wildman–Crippen LogP) is 8.79. The molecule has 55 heavy (non-hydrogen) atoms. The zero-order valence-corrected chi connectivity index (χ0v) is 35.2. The third-order valence-corrected chi connectivity index (χ3v) is 13.1. The van der Waals surface area contributed by atoms with Crippen LogP contribution in [0.3, 0.4) is 0 Å². The van der Waals surface area contributed by atoms with Crippen molar-refractivity contribution in [2.24, 2.45) is 0 Å². The topological polar surface area (TPSA) is 151 Å². The minimum absolute atomic E-state index is 0.0398. The maximum absolute atomic E-state index is 12.2. The molecule has 0 heterocycles. The van der Waals surface area contributed by atoms with Crippen molar-refractivity contribution in [2.75, 3.05) is 37.2 Å². The lowest BCUT2D eigenvalue weighted by atomic mass is 9.98. The molecular formula is C39H40N2O8P2S4. The number of hydrogen-bond donors (Lipinski definition) is 4. The van der Waals surface area contributed by atoms with Gasteiger partial charge in [-0.15, -0.1) is 0 Å². The van der Waals surface area contributed by atoms with E-state index in [9.17, 15) is 24.3 Å². The van der Waals surface area contributed by atoms with Crippen molar-refractivity contribution in [1.29, 1.82) is 0 Å². The summed E-state index contributed by atoms with van der Waals surface area (Å²) in [4.78, 5) is 46.8. The second-order valence-electron chi connectivity index (χ2n) is 12.5. The van der Waals surface area contributed by atoms with Crippen molar-refractivity contribution in [1.82, 2.24) is 10.6 Å². The average molecular weight is 855 g/mol. The fourth-order valence-corrected chi connectivity index (χ4v) is 7.76. The largest absolute Gasteiger partial charge is 0.480 e. The summed E-state index contributed by atoms with van der Waals surface area (Å²) in [6.45, 7) is 1.81. The van der Waals surface area contributed by atoms with Gasteiger partial charge in [-0.1, -0.05) is 97.1 Å². The normalized spacial score (nSPS) is 13.9. The molecule has 10 nitrogen and oxygen atoms in total. The fraction of sp³-hybridized carbons (Fsp3) is 0.282. The van der Waals surface area contributed by atoms with Crippen LogP contribution in [0.25, 0.3) is 22.3 Å². The van der Waals surface area contributed by atoms with Gasteiger partial charge in [-0.2, -0.15) is 23.5 Å². The van der Waals surface area contributed by atoms with E-state index in [-0.39, 0.29) is 30.8 Å². The summed E-state index contributed by atoms with van der Waals surface area (Å²) >= 11 is 11.5.